The molecule has 1 aromatic rings. The van der Waals surface area contributed by atoms with Gasteiger partial charge in [-0.1, -0.05) is 36.8 Å². The zero-order valence-corrected chi connectivity index (χ0v) is 11.6. The summed E-state index contributed by atoms with van der Waals surface area (Å²) >= 11 is 0. The molecule has 0 aromatic heterocycles. The van der Waals surface area contributed by atoms with Gasteiger partial charge in [-0.25, -0.2) is 0 Å². The van der Waals surface area contributed by atoms with Crippen molar-refractivity contribution in [3.05, 3.63) is 35.9 Å². The maximum Gasteiger partial charge on any atom is 0.233 e. The molecule has 0 spiro atoms. The molecule has 0 aliphatic heterocycles. The topological polar surface area (TPSA) is 40.5 Å². The molecular formula is C16H23NO2. The highest BCUT2D eigenvalue weighted by Gasteiger charge is 2.47. The molecule has 1 amide bonds. The number of carbonyl (C=O) groups excluding carboxylic acids is 1. The molecule has 1 aliphatic carbocycles. The van der Waals surface area contributed by atoms with Crippen LogP contribution in [0.2, 0.25) is 0 Å². The van der Waals surface area contributed by atoms with E-state index in [0.29, 0.717) is 19.5 Å². The minimum atomic E-state index is -0.299. The number of benzene rings is 1. The molecule has 1 N–H and O–H groups in total. The summed E-state index contributed by atoms with van der Waals surface area (Å²) in [6.45, 7) is 3.52. The Morgan fingerprint density at radius 2 is 2.00 bits per heavy atom. The summed E-state index contributed by atoms with van der Waals surface area (Å²) in [7, 11) is 0. The van der Waals surface area contributed by atoms with Crippen molar-refractivity contribution < 1.29 is 9.90 Å². The molecule has 1 aromatic carbocycles. The number of aliphatic hydroxyl groups is 1. The van der Waals surface area contributed by atoms with Gasteiger partial charge in [0.1, 0.15) is 0 Å². The van der Waals surface area contributed by atoms with Gasteiger partial charge in [-0.05, 0) is 31.7 Å². The Balaban J connectivity index is 2.19. The zero-order chi connectivity index (χ0) is 13.7. The number of nitrogens with zero attached hydrogens (tertiary/aromatic N) is 1. The molecule has 0 saturated heterocycles. The Kier molecular flexibility index (Phi) is 4.59. The van der Waals surface area contributed by atoms with Crippen LogP contribution in [-0.2, 0) is 10.2 Å². The third-order valence-corrected chi connectivity index (χ3v) is 4.20. The summed E-state index contributed by atoms with van der Waals surface area (Å²) in [5, 5.41) is 8.95. The predicted octanol–water partition coefficient (Wildman–Crippen LogP) is 2.34. The fraction of sp³-hybridized carbons (Fsp3) is 0.562. The molecule has 0 atom stereocenters. The molecular weight excluding hydrogens is 238 g/mol. The number of carbonyl (C=O) groups is 1. The van der Waals surface area contributed by atoms with Crippen LogP contribution in [0, 0.1) is 0 Å². The predicted molar refractivity (Wildman–Crippen MR) is 75.9 cm³/mol. The molecule has 0 heterocycles. The van der Waals surface area contributed by atoms with Crippen LogP contribution in [0.5, 0.6) is 0 Å². The maximum atomic E-state index is 12.8. The standard InChI is InChI=1S/C16H23NO2/c1-2-17(12-7-13-18)15(19)16(10-6-11-16)14-8-4-3-5-9-14/h3-5,8-9,18H,2,6-7,10-13H2,1H3. The lowest BCUT2D eigenvalue weighted by atomic mass is 9.63. The van der Waals surface area contributed by atoms with E-state index < -0.39 is 0 Å². The second-order valence-electron chi connectivity index (χ2n) is 5.26. The number of aliphatic hydroxyl groups excluding tert-OH is 1. The van der Waals surface area contributed by atoms with E-state index in [1.807, 2.05) is 30.0 Å². The van der Waals surface area contributed by atoms with Gasteiger partial charge in [0.2, 0.25) is 5.91 Å². The van der Waals surface area contributed by atoms with Gasteiger partial charge in [0, 0.05) is 19.7 Å². The summed E-state index contributed by atoms with van der Waals surface area (Å²) in [4.78, 5) is 14.7. The molecule has 1 saturated carbocycles. The number of likely N-dealkylation sites (N-methyl/N-ethyl adjacent to an activating group) is 1. The van der Waals surface area contributed by atoms with Crippen molar-refractivity contribution in [2.45, 2.75) is 38.0 Å². The Hall–Kier alpha value is -1.35. The summed E-state index contributed by atoms with van der Waals surface area (Å²) in [5.41, 5.74) is 0.848. The highest BCUT2D eigenvalue weighted by molar-refractivity contribution is 5.89. The van der Waals surface area contributed by atoms with E-state index in [-0.39, 0.29) is 17.9 Å². The van der Waals surface area contributed by atoms with Crippen LogP contribution in [0.1, 0.15) is 38.2 Å². The first-order valence-corrected chi connectivity index (χ1v) is 7.20. The van der Waals surface area contributed by atoms with Crippen LogP contribution in [-0.4, -0.2) is 35.6 Å². The smallest absolute Gasteiger partial charge is 0.233 e. The fourth-order valence-corrected chi connectivity index (χ4v) is 2.88. The maximum absolute atomic E-state index is 12.8. The second-order valence-corrected chi connectivity index (χ2v) is 5.26. The van der Waals surface area contributed by atoms with Crippen LogP contribution in [0.4, 0.5) is 0 Å². The van der Waals surface area contributed by atoms with Gasteiger partial charge in [-0.15, -0.1) is 0 Å². The van der Waals surface area contributed by atoms with E-state index in [0.717, 1.165) is 24.8 Å². The summed E-state index contributed by atoms with van der Waals surface area (Å²) in [6, 6.07) is 10.1. The van der Waals surface area contributed by atoms with Crippen LogP contribution in [0.25, 0.3) is 0 Å². The third kappa shape index (κ3) is 2.66. The van der Waals surface area contributed by atoms with Crippen molar-refractivity contribution in [2.75, 3.05) is 19.7 Å². The van der Waals surface area contributed by atoms with E-state index in [4.69, 9.17) is 5.11 Å². The van der Waals surface area contributed by atoms with Gasteiger partial charge in [0.25, 0.3) is 0 Å². The average Bonchev–Trinajstić information content (AvgIpc) is 2.40. The van der Waals surface area contributed by atoms with E-state index in [2.05, 4.69) is 12.1 Å². The number of hydrogen-bond donors (Lipinski definition) is 1. The summed E-state index contributed by atoms with van der Waals surface area (Å²) in [5.74, 6) is 0.237. The lowest BCUT2D eigenvalue weighted by Crippen LogP contribution is -2.51. The number of hydrogen-bond acceptors (Lipinski definition) is 2. The second kappa shape index (κ2) is 6.20. The molecule has 0 bridgehead atoms. The molecule has 2 rings (SSSR count). The minimum absolute atomic E-state index is 0.141. The van der Waals surface area contributed by atoms with E-state index in [9.17, 15) is 4.79 Å². The van der Waals surface area contributed by atoms with E-state index in [1.54, 1.807) is 0 Å². The minimum Gasteiger partial charge on any atom is -0.396 e. The van der Waals surface area contributed by atoms with Crippen molar-refractivity contribution in [1.82, 2.24) is 4.90 Å². The molecule has 1 aliphatic rings. The van der Waals surface area contributed by atoms with Gasteiger partial charge in [-0.3, -0.25) is 4.79 Å². The van der Waals surface area contributed by atoms with Crippen LogP contribution >= 0.6 is 0 Å². The lowest BCUT2D eigenvalue weighted by molar-refractivity contribution is -0.140. The average molecular weight is 261 g/mol. The highest BCUT2D eigenvalue weighted by Crippen LogP contribution is 2.45. The number of amides is 1. The normalized spacial score (nSPS) is 16.7. The van der Waals surface area contributed by atoms with Gasteiger partial charge in [-0.2, -0.15) is 0 Å². The van der Waals surface area contributed by atoms with Crippen molar-refractivity contribution in [3.8, 4) is 0 Å². The monoisotopic (exact) mass is 261 g/mol. The zero-order valence-electron chi connectivity index (χ0n) is 11.6. The molecule has 19 heavy (non-hydrogen) atoms. The SMILES string of the molecule is CCN(CCCO)C(=O)C1(c2ccccc2)CCC1. The molecule has 1 fully saturated rings. The molecule has 104 valence electrons. The summed E-state index contributed by atoms with van der Waals surface area (Å²) in [6.07, 6.45) is 3.68. The number of rotatable bonds is 6. The van der Waals surface area contributed by atoms with Gasteiger partial charge >= 0.3 is 0 Å². The van der Waals surface area contributed by atoms with Crippen molar-refractivity contribution in [1.29, 1.82) is 0 Å². The highest BCUT2D eigenvalue weighted by atomic mass is 16.3. The molecule has 0 unspecified atom stereocenters. The van der Waals surface area contributed by atoms with E-state index >= 15 is 0 Å². The molecule has 0 radical (unpaired) electrons. The first kappa shape index (κ1) is 14.1. The van der Waals surface area contributed by atoms with E-state index in [1.165, 1.54) is 0 Å². The lowest BCUT2D eigenvalue weighted by Gasteiger charge is -2.44. The Labute approximate surface area is 115 Å². The Morgan fingerprint density at radius 1 is 1.32 bits per heavy atom. The van der Waals surface area contributed by atoms with Crippen molar-refractivity contribution in [3.63, 3.8) is 0 Å². The first-order chi connectivity index (χ1) is 9.24. The van der Waals surface area contributed by atoms with Gasteiger partial charge in [0.05, 0.1) is 5.41 Å². The molecule has 3 nitrogen and oxygen atoms in total. The van der Waals surface area contributed by atoms with Crippen LogP contribution < -0.4 is 0 Å². The Bertz CT molecular complexity index is 412. The largest absolute Gasteiger partial charge is 0.396 e. The van der Waals surface area contributed by atoms with Crippen LogP contribution in [0.3, 0.4) is 0 Å². The van der Waals surface area contributed by atoms with Gasteiger partial charge in [0.15, 0.2) is 0 Å². The fourth-order valence-electron chi connectivity index (χ4n) is 2.88. The van der Waals surface area contributed by atoms with Crippen molar-refractivity contribution in [2.24, 2.45) is 0 Å². The first-order valence-electron chi connectivity index (χ1n) is 7.20. The molecule has 3 heteroatoms. The van der Waals surface area contributed by atoms with Gasteiger partial charge < -0.3 is 10.0 Å². The van der Waals surface area contributed by atoms with Crippen LogP contribution in [0.15, 0.2) is 30.3 Å². The quantitative estimate of drug-likeness (QED) is 0.854. The Morgan fingerprint density at radius 3 is 2.47 bits per heavy atom. The summed E-state index contributed by atoms with van der Waals surface area (Å²) < 4.78 is 0. The van der Waals surface area contributed by atoms with Crippen molar-refractivity contribution >= 4 is 5.91 Å². The third-order valence-electron chi connectivity index (χ3n) is 4.20.